The Kier molecular flexibility index (Phi) is 4.32. The Bertz CT molecular complexity index is 570. The number of tetrazole rings is 1. The number of aromatic nitrogens is 4. The molecule has 20 heavy (non-hydrogen) atoms. The molecule has 5 nitrogen and oxygen atoms in total. The molecule has 1 aromatic carbocycles. The zero-order valence-electron chi connectivity index (χ0n) is 12.1. The van der Waals surface area contributed by atoms with Gasteiger partial charge in [-0.2, -0.15) is 0 Å². The van der Waals surface area contributed by atoms with E-state index >= 15 is 0 Å². The van der Waals surface area contributed by atoms with Crippen LogP contribution < -0.4 is 5.73 Å². The van der Waals surface area contributed by atoms with E-state index in [4.69, 9.17) is 5.73 Å². The summed E-state index contributed by atoms with van der Waals surface area (Å²) in [4.78, 5) is 0. The van der Waals surface area contributed by atoms with Crippen molar-refractivity contribution in [3.63, 3.8) is 0 Å². The van der Waals surface area contributed by atoms with Crippen LogP contribution in [0.25, 0.3) is 11.4 Å². The van der Waals surface area contributed by atoms with Gasteiger partial charge in [0.15, 0.2) is 5.82 Å². The summed E-state index contributed by atoms with van der Waals surface area (Å²) >= 11 is 0. The third-order valence-electron chi connectivity index (χ3n) is 3.53. The largest absolute Gasteiger partial charge is 0.398 e. The highest BCUT2D eigenvalue weighted by molar-refractivity contribution is 5.64. The predicted molar refractivity (Wildman–Crippen MR) is 76.6 cm³/mol. The maximum Gasteiger partial charge on any atom is 0.182 e. The normalized spacial score (nSPS) is 12.6. The SMILES string of the molecule is CCCCC(C)n1nnnc1-c1cc(N)c(C)c(F)c1. The number of halogens is 1. The lowest BCUT2D eigenvalue weighted by molar-refractivity contribution is 0.437. The standard InChI is InChI=1S/C14H20FN5/c1-4-5-6-9(2)20-14(17-18-19-20)11-7-12(15)10(3)13(16)8-11/h7-9H,4-6,16H2,1-3H3. The fourth-order valence-electron chi connectivity index (χ4n) is 2.13. The van der Waals surface area contributed by atoms with Crippen LogP contribution in [0.15, 0.2) is 12.1 Å². The highest BCUT2D eigenvalue weighted by Gasteiger charge is 2.16. The van der Waals surface area contributed by atoms with Crippen molar-refractivity contribution >= 4 is 5.69 Å². The van der Waals surface area contributed by atoms with Gasteiger partial charge in [0.1, 0.15) is 5.82 Å². The van der Waals surface area contributed by atoms with E-state index in [2.05, 4.69) is 29.4 Å². The number of rotatable bonds is 5. The Morgan fingerprint density at radius 1 is 1.40 bits per heavy atom. The summed E-state index contributed by atoms with van der Waals surface area (Å²) in [6, 6.07) is 3.32. The summed E-state index contributed by atoms with van der Waals surface area (Å²) < 4.78 is 15.5. The molecule has 1 atom stereocenters. The summed E-state index contributed by atoms with van der Waals surface area (Å²) in [5, 5.41) is 11.7. The quantitative estimate of drug-likeness (QED) is 0.852. The van der Waals surface area contributed by atoms with Crippen LogP contribution in [0.4, 0.5) is 10.1 Å². The number of unbranched alkanes of at least 4 members (excludes halogenated alkanes) is 1. The lowest BCUT2D eigenvalue weighted by Crippen LogP contribution is -2.09. The average Bonchev–Trinajstić information content (AvgIpc) is 2.91. The Balaban J connectivity index is 2.37. The van der Waals surface area contributed by atoms with Crippen molar-refractivity contribution in [1.29, 1.82) is 0 Å². The van der Waals surface area contributed by atoms with Gasteiger partial charge in [0.05, 0.1) is 6.04 Å². The Labute approximate surface area is 118 Å². The second-order valence-electron chi connectivity index (χ2n) is 5.11. The number of anilines is 1. The van der Waals surface area contributed by atoms with E-state index in [-0.39, 0.29) is 11.9 Å². The van der Waals surface area contributed by atoms with Gasteiger partial charge in [0.25, 0.3) is 0 Å². The van der Waals surface area contributed by atoms with E-state index in [0.29, 0.717) is 22.6 Å². The van der Waals surface area contributed by atoms with Gasteiger partial charge in [0, 0.05) is 16.8 Å². The van der Waals surface area contributed by atoms with Crippen molar-refractivity contribution in [2.45, 2.75) is 46.1 Å². The molecule has 0 bridgehead atoms. The van der Waals surface area contributed by atoms with E-state index in [1.165, 1.54) is 6.07 Å². The second-order valence-corrected chi connectivity index (χ2v) is 5.11. The lowest BCUT2D eigenvalue weighted by atomic mass is 10.1. The van der Waals surface area contributed by atoms with Crippen LogP contribution in [-0.2, 0) is 0 Å². The van der Waals surface area contributed by atoms with Crippen LogP contribution in [-0.4, -0.2) is 20.2 Å². The minimum atomic E-state index is -0.337. The third-order valence-corrected chi connectivity index (χ3v) is 3.53. The van der Waals surface area contributed by atoms with Crippen molar-refractivity contribution in [2.75, 3.05) is 5.73 Å². The van der Waals surface area contributed by atoms with E-state index in [1.807, 2.05) is 0 Å². The van der Waals surface area contributed by atoms with Gasteiger partial charge in [-0.1, -0.05) is 19.8 Å². The molecule has 2 rings (SSSR count). The number of nitrogens with two attached hydrogens (primary N) is 1. The van der Waals surface area contributed by atoms with Crippen molar-refractivity contribution in [3.05, 3.63) is 23.5 Å². The highest BCUT2D eigenvalue weighted by Crippen LogP contribution is 2.26. The summed E-state index contributed by atoms with van der Waals surface area (Å²) in [6.07, 6.45) is 3.21. The Morgan fingerprint density at radius 3 is 2.80 bits per heavy atom. The van der Waals surface area contributed by atoms with Crippen LogP contribution in [0.5, 0.6) is 0 Å². The average molecular weight is 277 g/mol. The summed E-state index contributed by atoms with van der Waals surface area (Å²) in [5.41, 5.74) is 7.29. The summed E-state index contributed by atoms with van der Waals surface area (Å²) in [5.74, 6) is 0.218. The predicted octanol–water partition coefficient (Wildman–Crippen LogP) is 3.12. The molecule has 0 saturated carbocycles. The van der Waals surface area contributed by atoms with Crippen molar-refractivity contribution in [2.24, 2.45) is 0 Å². The van der Waals surface area contributed by atoms with Crippen LogP contribution in [0, 0.1) is 12.7 Å². The molecule has 2 N–H and O–H groups in total. The second kappa shape index (κ2) is 5.98. The topological polar surface area (TPSA) is 69.6 Å². The number of nitrogen functional groups attached to an aromatic ring is 1. The zero-order valence-corrected chi connectivity index (χ0v) is 12.1. The van der Waals surface area contributed by atoms with Gasteiger partial charge >= 0.3 is 0 Å². The Hall–Kier alpha value is -1.98. The molecule has 0 radical (unpaired) electrons. The zero-order chi connectivity index (χ0) is 14.7. The van der Waals surface area contributed by atoms with E-state index in [0.717, 1.165) is 19.3 Å². The van der Waals surface area contributed by atoms with E-state index in [9.17, 15) is 4.39 Å². The van der Waals surface area contributed by atoms with Crippen LogP contribution >= 0.6 is 0 Å². The van der Waals surface area contributed by atoms with Crippen LogP contribution in [0.2, 0.25) is 0 Å². The minimum absolute atomic E-state index is 0.172. The summed E-state index contributed by atoms with van der Waals surface area (Å²) in [7, 11) is 0. The van der Waals surface area contributed by atoms with Gasteiger partial charge in [-0.05, 0) is 42.8 Å². The molecule has 2 aromatic rings. The number of hydrogen-bond donors (Lipinski definition) is 1. The van der Waals surface area contributed by atoms with Gasteiger partial charge in [0.2, 0.25) is 0 Å². The van der Waals surface area contributed by atoms with Gasteiger partial charge in [-0.3, -0.25) is 0 Å². The van der Waals surface area contributed by atoms with Gasteiger partial charge < -0.3 is 5.73 Å². The monoisotopic (exact) mass is 277 g/mol. The molecule has 0 spiro atoms. The molecule has 1 aromatic heterocycles. The Morgan fingerprint density at radius 2 is 2.15 bits per heavy atom. The number of benzene rings is 1. The molecular formula is C14H20FN5. The van der Waals surface area contributed by atoms with Crippen molar-refractivity contribution in [1.82, 2.24) is 20.2 Å². The molecule has 0 saturated heterocycles. The molecule has 0 amide bonds. The first-order chi connectivity index (χ1) is 9.54. The van der Waals surface area contributed by atoms with Crippen LogP contribution in [0.3, 0.4) is 0 Å². The molecule has 0 aliphatic heterocycles. The molecule has 0 fully saturated rings. The van der Waals surface area contributed by atoms with Gasteiger partial charge in [-0.25, -0.2) is 9.07 Å². The first-order valence-electron chi connectivity index (χ1n) is 6.88. The smallest absolute Gasteiger partial charge is 0.182 e. The molecule has 0 aliphatic carbocycles. The molecule has 108 valence electrons. The minimum Gasteiger partial charge on any atom is -0.398 e. The first kappa shape index (κ1) is 14.4. The van der Waals surface area contributed by atoms with Crippen molar-refractivity contribution < 1.29 is 4.39 Å². The maximum atomic E-state index is 13.8. The fourth-order valence-corrected chi connectivity index (χ4v) is 2.13. The molecular weight excluding hydrogens is 257 g/mol. The van der Waals surface area contributed by atoms with Gasteiger partial charge in [-0.15, -0.1) is 5.10 Å². The summed E-state index contributed by atoms with van der Waals surface area (Å²) in [6.45, 7) is 5.86. The maximum absolute atomic E-state index is 13.8. The molecule has 1 unspecified atom stereocenters. The molecule has 0 aliphatic rings. The van der Waals surface area contributed by atoms with E-state index < -0.39 is 0 Å². The van der Waals surface area contributed by atoms with Crippen LogP contribution in [0.1, 0.15) is 44.7 Å². The molecule has 1 heterocycles. The lowest BCUT2D eigenvalue weighted by Gasteiger charge is -2.13. The fraction of sp³-hybridized carbons (Fsp3) is 0.500. The highest BCUT2D eigenvalue weighted by atomic mass is 19.1. The number of hydrogen-bond acceptors (Lipinski definition) is 4. The first-order valence-corrected chi connectivity index (χ1v) is 6.88. The van der Waals surface area contributed by atoms with Crippen molar-refractivity contribution in [3.8, 4) is 11.4 Å². The number of nitrogens with zero attached hydrogens (tertiary/aromatic N) is 4. The molecule has 6 heteroatoms. The van der Waals surface area contributed by atoms with E-state index in [1.54, 1.807) is 17.7 Å². The third kappa shape index (κ3) is 2.79.